The van der Waals surface area contributed by atoms with Gasteiger partial charge in [-0.3, -0.25) is 0 Å². The van der Waals surface area contributed by atoms with E-state index in [4.69, 9.17) is 11.6 Å². The summed E-state index contributed by atoms with van der Waals surface area (Å²) < 4.78 is 22.3. The first kappa shape index (κ1) is 8.64. The van der Waals surface area contributed by atoms with Crippen LogP contribution in [0.5, 0.6) is 0 Å². The molecule has 0 aliphatic carbocycles. The minimum atomic E-state index is -2.11. The number of rotatable bonds is 0. The maximum Gasteiger partial charge on any atom is 0.224 e. The molecule has 0 N–H and O–H groups in total. The van der Waals surface area contributed by atoms with Crippen LogP contribution in [0.25, 0.3) is 0 Å². The summed E-state index contributed by atoms with van der Waals surface area (Å²) in [6.45, 7) is 0. The van der Waals surface area contributed by atoms with Crippen LogP contribution in [-0.2, 0) is 10.3 Å². The maximum absolute atomic E-state index is 10.3. The van der Waals surface area contributed by atoms with Crippen LogP contribution in [0.1, 0.15) is 6.42 Å². The predicted molar refractivity (Wildman–Crippen MR) is 47.9 cm³/mol. The highest BCUT2D eigenvalue weighted by Crippen LogP contribution is 2.38. The number of allylic oxidation sites excluding steroid dienone is 1. The largest absolute Gasteiger partial charge is 0.224 e. The van der Waals surface area contributed by atoms with E-state index < -0.39 is 10.3 Å². The second-order valence-corrected chi connectivity index (χ2v) is 5.45. The minimum Gasteiger partial charge on any atom is -0.184 e. The lowest BCUT2D eigenvalue weighted by molar-refractivity contribution is 0.627. The SMILES string of the molecule is O=S(=O)=C1CC(Br)=C(Cl)S1. The van der Waals surface area contributed by atoms with E-state index in [1.54, 1.807) is 0 Å². The third-order valence-electron chi connectivity index (χ3n) is 0.902. The summed E-state index contributed by atoms with van der Waals surface area (Å²) in [5, 5.41) is 0. The van der Waals surface area contributed by atoms with Crippen molar-refractivity contribution < 1.29 is 8.42 Å². The normalized spacial score (nSPS) is 18.4. The maximum atomic E-state index is 10.3. The molecule has 0 atom stereocenters. The fourth-order valence-corrected chi connectivity index (χ4v) is 3.24. The second-order valence-electron chi connectivity index (χ2n) is 1.56. The van der Waals surface area contributed by atoms with Crippen molar-refractivity contribution in [1.29, 1.82) is 0 Å². The van der Waals surface area contributed by atoms with Gasteiger partial charge in [-0.2, -0.15) is 8.42 Å². The molecule has 0 aromatic carbocycles. The molecule has 0 bridgehead atoms. The van der Waals surface area contributed by atoms with Crippen LogP contribution in [0, 0.1) is 0 Å². The molecule has 0 aromatic heterocycles. The molecule has 6 heteroatoms. The molecule has 1 aliphatic heterocycles. The molecular formula is C4H2BrClO2S2. The molecule has 1 heterocycles. The quantitative estimate of drug-likeness (QED) is 0.625. The van der Waals surface area contributed by atoms with Crippen LogP contribution in [0.2, 0.25) is 0 Å². The van der Waals surface area contributed by atoms with Gasteiger partial charge in [-0.1, -0.05) is 39.3 Å². The van der Waals surface area contributed by atoms with Gasteiger partial charge in [-0.05, 0) is 0 Å². The molecule has 0 saturated heterocycles. The van der Waals surface area contributed by atoms with E-state index in [1.807, 2.05) is 0 Å². The Morgan fingerprint density at radius 2 is 2.20 bits per heavy atom. The zero-order chi connectivity index (χ0) is 7.72. The van der Waals surface area contributed by atoms with Gasteiger partial charge in [0.25, 0.3) is 0 Å². The standard InChI is InChI=1S/C4H2BrClO2S2/c5-2-1-3(10(7)8)9-4(2)6/h1H2. The van der Waals surface area contributed by atoms with E-state index in [0.29, 0.717) is 15.0 Å². The molecule has 0 saturated carbocycles. The first-order valence-corrected chi connectivity index (χ1v) is 5.34. The zero-order valence-electron chi connectivity index (χ0n) is 4.60. The summed E-state index contributed by atoms with van der Waals surface area (Å²) in [5.74, 6) is 0. The van der Waals surface area contributed by atoms with Gasteiger partial charge in [0.2, 0.25) is 10.3 Å². The Kier molecular flexibility index (Phi) is 2.85. The Hall–Kier alpha value is 0.550. The topological polar surface area (TPSA) is 34.1 Å². The molecule has 1 aliphatic rings. The van der Waals surface area contributed by atoms with E-state index in [1.165, 1.54) is 0 Å². The highest BCUT2D eigenvalue weighted by atomic mass is 79.9. The van der Waals surface area contributed by atoms with Gasteiger partial charge in [-0.15, -0.1) is 0 Å². The van der Waals surface area contributed by atoms with E-state index in [-0.39, 0.29) is 0 Å². The Morgan fingerprint density at radius 3 is 2.40 bits per heavy atom. The summed E-state index contributed by atoms with van der Waals surface area (Å²) in [7, 11) is -2.11. The number of hydrogen-bond donors (Lipinski definition) is 0. The summed E-state index contributed by atoms with van der Waals surface area (Å²) in [5.41, 5.74) is 0. The number of thioether (sulfide) groups is 1. The van der Waals surface area contributed by atoms with Crippen molar-refractivity contribution in [2.75, 3.05) is 0 Å². The average Bonchev–Trinajstić information content (AvgIpc) is 2.13. The summed E-state index contributed by atoms with van der Waals surface area (Å²) in [6.07, 6.45) is 0.402. The third-order valence-corrected chi connectivity index (χ3v) is 4.50. The van der Waals surface area contributed by atoms with Crippen LogP contribution in [0.3, 0.4) is 0 Å². The number of hydrogen-bond acceptors (Lipinski definition) is 3. The molecular weight excluding hydrogens is 260 g/mol. The Morgan fingerprint density at radius 1 is 1.60 bits per heavy atom. The lowest BCUT2D eigenvalue weighted by Crippen LogP contribution is -1.84. The van der Waals surface area contributed by atoms with Crippen molar-refractivity contribution in [2.45, 2.75) is 6.42 Å². The highest BCUT2D eigenvalue weighted by molar-refractivity contribution is 9.12. The molecule has 0 unspecified atom stereocenters. The Bertz CT molecular complexity index is 292. The Labute approximate surface area is 77.3 Å². The fourth-order valence-electron chi connectivity index (χ4n) is 0.481. The van der Waals surface area contributed by atoms with Gasteiger partial charge >= 0.3 is 0 Å². The monoisotopic (exact) mass is 260 g/mol. The molecule has 0 fully saturated rings. The molecule has 56 valence electrons. The van der Waals surface area contributed by atoms with Gasteiger partial charge in [0.1, 0.15) is 4.20 Å². The van der Waals surface area contributed by atoms with Crippen molar-refractivity contribution in [3.63, 3.8) is 0 Å². The van der Waals surface area contributed by atoms with Gasteiger partial charge in [0, 0.05) is 10.9 Å². The average molecular weight is 262 g/mol. The minimum absolute atomic E-state index is 0.372. The molecule has 0 radical (unpaired) electrons. The van der Waals surface area contributed by atoms with Gasteiger partial charge in [0.15, 0.2) is 0 Å². The van der Waals surface area contributed by atoms with E-state index in [9.17, 15) is 8.42 Å². The molecule has 0 spiro atoms. The van der Waals surface area contributed by atoms with E-state index >= 15 is 0 Å². The van der Waals surface area contributed by atoms with Crippen molar-refractivity contribution in [1.82, 2.24) is 0 Å². The van der Waals surface area contributed by atoms with Gasteiger partial charge < -0.3 is 0 Å². The third kappa shape index (κ3) is 1.78. The second kappa shape index (κ2) is 3.30. The lowest BCUT2D eigenvalue weighted by atomic mass is 10.5. The molecule has 0 aromatic rings. The molecule has 1 rings (SSSR count). The van der Waals surface area contributed by atoms with Crippen LogP contribution >= 0.6 is 39.3 Å². The summed E-state index contributed by atoms with van der Waals surface area (Å²) in [4.78, 5) is 0. The first-order chi connectivity index (χ1) is 4.61. The van der Waals surface area contributed by atoms with Gasteiger partial charge in [-0.25, -0.2) is 0 Å². The Balaban J connectivity index is 2.99. The van der Waals surface area contributed by atoms with Gasteiger partial charge in [0.05, 0.1) is 4.36 Å². The van der Waals surface area contributed by atoms with Crippen molar-refractivity contribution in [2.24, 2.45) is 0 Å². The van der Waals surface area contributed by atoms with Crippen molar-refractivity contribution in [3.8, 4) is 0 Å². The smallest absolute Gasteiger partial charge is 0.184 e. The molecule has 0 amide bonds. The summed E-state index contributed by atoms with van der Waals surface area (Å²) in [6, 6.07) is 0. The number of halogens is 2. The fraction of sp³-hybridized carbons (Fsp3) is 0.250. The van der Waals surface area contributed by atoms with E-state index in [0.717, 1.165) is 16.2 Å². The molecule has 10 heavy (non-hydrogen) atoms. The van der Waals surface area contributed by atoms with Crippen LogP contribution in [0.15, 0.2) is 8.85 Å². The van der Waals surface area contributed by atoms with Crippen LogP contribution in [-0.4, -0.2) is 12.6 Å². The predicted octanol–water partition coefficient (Wildman–Crippen LogP) is 1.94. The first-order valence-electron chi connectivity index (χ1n) is 2.28. The zero-order valence-corrected chi connectivity index (χ0v) is 8.57. The molecule has 2 nitrogen and oxygen atoms in total. The van der Waals surface area contributed by atoms with Crippen molar-refractivity contribution in [3.05, 3.63) is 8.85 Å². The van der Waals surface area contributed by atoms with E-state index in [2.05, 4.69) is 15.9 Å². The van der Waals surface area contributed by atoms with Crippen molar-refractivity contribution >= 4 is 53.8 Å². The summed E-state index contributed by atoms with van der Waals surface area (Å²) >= 11 is 9.83. The highest BCUT2D eigenvalue weighted by Gasteiger charge is 2.18. The van der Waals surface area contributed by atoms with Crippen LogP contribution < -0.4 is 0 Å². The lowest BCUT2D eigenvalue weighted by Gasteiger charge is -1.80. The van der Waals surface area contributed by atoms with Crippen LogP contribution in [0.4, 0.5) is 0 Å².